The van der Waals surface area contributed by atoms with Crippen molar-refractivity contribution in [1.29, 1.82) is 0 Å². The van der Waals surface area contributed by atoms with E-state index in [4.69, 9.17) is 11.7 Å². The molecular formula is C4H3NO2. The highest BCUT2D eigenvalue weighted by Gasteiger charge is 1.98. The average Bonchev–Trinajstić information content (AvgIpc) is 1.65. The summed E-state index contributed by atoms with van der Waals surface area (Å²) in [5.41, 5.74) is -0.444. The largest absolute Gasteiger partial charge is 0.486 e. The Balaban J connectivity index is 3.90. The molecule has 36 valence electrons. The van der Waals surface area contributed by atoms with Crippen LogP contribution < -0.4 is 0 Å². The highest BCUT2D eigenvalue weighted by Crippen LogP contribution is 1.87. The van der Waals surface area contributed by atoms with E-state index in [2.05, 4.69) is 11.4 Å². The molecule has 0 aliphatic carbocycles. The number of hydrogen-bond donors (Lipinski definition) is 1. The molecule has 0 atom stereocenters. The predicted octanol–water partition coefficient (Wildman–Crippen LogP) is 0.504. The van der Waals surface area contributed by atoms with Gasteiger partial charge in [-0.1, -0.05) is 6.58 Å². The van der Waals surface area contributed by atoms with E-state index in [1.54, 1.807) is 0 Å². The van der Waals surface area contributed by atoms with Crippen LogP contribution >= 0.6 is 0 Å². The minimum absolute atomic E-state index is 0.444. The van der Waals surface area contributed by atoms with Crippen molar-refractivity contribution < 1.29 is 9.90 Å². The summed E-state index contributed by atoms with van der Waals surface area (Å²) in [4.78, 5) is 12.2. The van der Waals surface area contributed by atoms with Crippen LogP contribution in [0.3, 0.4) is 0 Å². The van der Waals surface area contributed by atoms with Gasteiger partial charge in [0.25, 0.3) is 5.70 Å². The van der Waals surface area contributed by atoms with Crippen molar-refractivity contribution in [2.45, 2.75) is 0 Å². The highest BCUT2D eigenvalue weighted by atomic mass is 16.4. The minimum atomic E-state index is -1.25. The number of carboxylic acids is 1. The second kappa shape index (κ2) is 1.98. The van der Waals surface area contributed by atoms with Gasteiger partial charge in [0.15, 0.2) is 0 Å². The second-order valence-electron chi connectivity index (χ2n) is 0.864. The summed E-state index contributed by atoms with van der Waals surface area (Å²) in [5, 5.41) is 7.87. The van der Waals surface area contributed by atoms with Crippen LogP contribution in [0.4, 0.5) is 0 Å². The van der Waals surface area contributed by atoms with Gasteiger partial charge in [-0.25, -0.2) is 4.85 Å². The summed E-state index contributed by atoms with van der Waals surface area (Å²) in [6.07, 6.45) is 0. The van der Waals surface area contributed by atoms with Gasteiger partial charge in [-0.05, 0) is 0 Å². The van der Waals surface area contributed by atoms with E-state index in [9.17, 15) is 4.79 Å². The summed E-state index contributed by atoms with van der Waals surface area (Å²) < 4.78 is 0. The van der Waals surface area contributed by atoms with Crippen LogP contribution in [0.25, 0.3) is 4.85 Å². The first-order valence-electron chi connectivity index (χ1n) is 1.48. The lowest BCUT2D eigenvalue weighted by Crippen LogP contribution is -1.92. The van der Waals surface area contributed by atoms with Gasteiger partial charge in [-0.15, -0.1) is 0 Å². The van der Waals surface area contributed by atoms with Crippen LogP contribution in [0.15, 0.2) is 12.3 Å². The fourth-order valence-corrected chi connectivity index (χ4v) is 0.0478. The standard InChI is InChI=1S/C4H3NO2/c1-3(5-2)4(6)7/h1H2,(H,6,7). The van der Waals surface area contributed by atoms with E-state index in [-0.39, 0.29) is 0 Å². The molecule has 0 spiro atoms. The number of carboxylic acid groups (broad SMARTS) is 1. The molecule has 0 aromatic heterocycles. The molecule has 0 unspecified atom stereocenters. The second-order valence-corrected chi connectivity index (χ2v) is 0.864. The van der Waals surface area contributed by atoms with Crippen LogP contribution in [0.5, 0.6) is 0 Å². The summed E-state index contributed by atoms with van der Waals surface area (Å²) in [6.45, 7) is 9.00. The topological polar surface area (TPSA) is 41.7 Å². The molecule has 0 aromatic carbocycles. The minimum Gasteiger partial charge on any atom is -0.486 e. The molecule has 0 aliphatic rings. The number of hydrogen-bond acceptors (Lipinski definition) is 1. The Bertz CT molecular complexity index is 142. The summed E-state index contributed by atoms with van der Waals surface area (Å²) in [5.74, 6) is -1.25. The molecule has 1 N–H and O–H groups in total. The van der Waals surface area contributed by atoms with Gasteiger partial charge in [0.05, 0.1) is 6.57 Å². The summed E-state index contributed by atoms with van der Waals surface area (Å²) >= 11 is 0. The number of aliphatic carboxylic acids is 1. The van der Waals surface area contributed by atoms with Crippen molar-refractivity contribution in [3.05, 3.63) is 23.7 Å². The van der Waals surface area contributed by atoms with Gasteiger partial charge in [0.2, 0.25) is 0 Å². The maximum absolute atomic E-state index is 9.62. The summed E-state index contributed by atoms with van der Waals surface area (Å²) in [6, 6.07) is 0. The van der Waals surface area contributed by atoms with Crippen LogP contribution in [-0.2, 0) is 4.79 Å². The molecule has 3 nitrogen and oxygen atoms in total. The Labute approximate surface area is 40.7 Å². The Kier molecular flexibility index (Phi) is 1.61. The molecule has 0 saturated carbocycles. The van der Waals surface area contributed by atoms with Crippen molar-refractivity contribution in [3.8, 4) is 0 Å². The van der Waals surface area contributed by atoms with E-state index in [1.165, 1.54) is 0 Å². The van der Waals surface area contributed by atoms with Gasteiger partial charge in [-0.3, -0.25) is 4.79 Å². The van der Waals surface area contributed by atoms with E-state index in [0.717, 1.165) is 0 Å². The molecule has 0 fully saturated rings. The van der Waals surface area contributed by atoms with Crippen molar-refractivity contribution in [1.82, 2.24) is 0 Å². The lowest BCUT2D eigenvalue weighted by Gasteiger charge is -1.77. The van der Waals surface area contributed by atoms with Crippen LogP contribution in [0.2, 0.25) is 0 Å². The normalized spacial score (nSPS) is 6.71. The SMILES string of the molecule is [C-]#[N+]C(=C)C(=O)O. The first kappa shape index (κ1) is 5.70. The maximum atomic E-state index is 9.62. The van der Waals surface area contributed by atoms with Gasteiger partial charge in [-0.2, -0.15) is 0 Å². The lowest BCUT2D eigenvalue weighted by atomic mass is 10.5. The maximum Gasteiger partial charge on any atom is 0.333 e. The monoisotopic (exact) mass is 97.0 g/mol. The zero-order valence-corrected chi connectivity index (χ0v) is 3.51. The van der Waals surface area contributed by atoms with Crippen molar-refractivity contribution in [2.75, 3.05) is 0 Å². The van der Waals surface area contributed by atoms with Gasteiger partial charge >= 0.3 is 5.97 Å². The van der Waals surface area contributed by atoms with Crippen molar-refractivity contribution >= 4 is 5.97 Å². The molecule has 0 saturated heterocycles. The highest BCUT2D eigenvalue weighted by molar-refractivity contribution is 5.87. The zero-order valence-electron chi connectivity index (χ0n) is 3.51. The fraction of sp³-hybridized carbons (Fsp3) is 0. The van der Waals surface area contributed by atoms with Crippen molar-refractivity contribution in [3.63, 3.8) is 0 Å². The fourth-order valence-electron chi connectivity index (χ4n) is 0.0478. The zero-order chi connectivity index (χ0) is 5.86. The third kappa shape index (κ3) is 1.55. The third-order valence-corrected chi connectivity index (χ3v) is 0.382. The molecule has 0 aromatic rings. The molecule has 0 amide bonds. The quantitative estimate of drug-likeness (QED) is 0.382. The van der Waals surface area contributed by atoms with Gasteiger partial charge < -0.3 is 5.11 Å². The van der Waals surface area contributed by atoms with Gasteiger partial charge in [0.1, 0.15) is 0 Å². The Morgan fingerprint density at radius 3 is 2.29 bits per heavy atom. The molecule has 0 radical (unpaired) electrons. The molecule has 0 rings (SSSR count). The van der Waals surface area contributed by atoms with E-state index < -0.39 is 11.7 Å². The Hall–Kier alpha value is -1.30. The van der Waals surface area contributed by atoms with E-state index in [0.29, 0.717) is 0 Å². The van der Waals surface area contributed by atoms with Crippen molar-refractivity contribution in [2.24, 2.45) is 0 Å². The number of carbonyl (C=O) groups is 1. The van der Waals surface area contributed by atoms with Crippen LogP contribution in [0.1, 0.15) is 0 Å². The molecule has 0 bridgehead atoms. The molecule has 3 heteroatoms. The molecule has 0 heterocycles. The van der Waals surface area contributed by atoms with Crippen LogP contribution in [-0.4, -0.2) is 11.1 Å². The lowest BCUT2D eigenvalue weighted by molar-refractivity contribution is -0.132. The first-order valence-corrected chi connectivity index (χ1v) is 1.48. The molecule has 7 heavy (non-hydrogen) atoms. The number of rotatable bonds is 1. The van der Waals surface area contributed by atoms with Gasteiger partial charge in [0, 0.05) is 0 Å². The molecular weight excluding hydrogens is 94.0 g/mol. The van der Waals surface area contributed by atoms with E-state index >= 15 is 0 Å². The average molecular weight is 97.1 g/mol. The summed E-state index contributed by atoms with van der Waals surface area (Å²) in [7, 11) is 0. The molecule has 0 aliphatic heterocycles. The van der Waals surface area contributed by atoms with E-state index in [1.807, 2.05) is 0 Å². The third-order valence-electron chi connectivity index (χ3n) is 0.382. The Morgan fingerprint density at radius 1 is 1.86 bits per heavy atom. The first-order chi connectivity index (χ1) is 3.18. The Morgan fingerprint density at radius 2 is 2.29 bits per heavy atom. The predicted molar refractivity (Wildman–Crippen MR) is 23.4 cm³/mol. The smallest absolute Gasteiger partial charge is 0.333 e. The number of nitrogens with zero attached hydrogens (tertiary/aromatic N) is 1. The van der Waals surface area contributed by atoms with Crippen LogP contribution in [0, 0.1) is 6.57 Å².